The largest absolute Gasteiger partial charge is 0.448 e. The number of furan rings is 1. The van der Waals surface area contributed by atoms with Crippen molar-refractivity contribution in [2.24, 2.45) is 0 Å². The number of anilines is 1. The molecule has 0 aliphatic rings. The zero-order valence-corrected chi connectivity index (χ0v) is 11.6. The van der Waals surface area contributed by atoms with Gasteiger partial charge in [-0.25, -0.2) is 4.98 Å². The predicted molar refractivity (Wildman–Crippen MR) is 77.6 cm³/mol. The van der Waals surface area contributed by atoms with E-state index in [9.17, 15) is 0 Å². The van der Waals surface area contributed by atoms with Crippen molar-refractivity contribution < 1.29 is 4.42 Å². The number of aromatic nitrogens is 3. The minimum atomic E-state index is 0.389. The predicted octanol–water partition coefficient (Wildman–Crippen LogP) is 3.64. The third-order valence-corrected chi connectivity index (χ3v) is 3.05. The fourth-order valence-corrected chi connectivity index (χ4v) is 2.09. The molecule has 2 heterocycles. The lowest BCUT2D eigenvalue weighted by Crippen LogP contribution is -2.00. The number of para-hydroxylation sites is 1. The van der Waals surface area contributed by atoms with E-state index in [4.69, 9.17) is 16.0 Å². The molecule has 0 amide bonds. The molecule has 0 atom stereocenters. The molecule has 6 heteroatoms. The number of nitrogens with one attached hydrogen (secondary N) is 2. The summed E-state index contributed by atoms with van der Waals surface area (Å²) in [5.74, 6) is 2.23. The van der Waals surface area contributed by atoms with Crippen molar-refractivity contribution in [3.05, 3.63) is 53.2 Å². The highest BCUT2D eigenvalue weighted by Gasteiger charge is 2.09. The standard InChI is InChI=1S/C14H13ClN4O/c1-9-17-14(19-18-9)11-4-2-3-5-12(11)16-8-10-6-7-13(15)20-10/h2-7,16H,8H2,1H3,(H,17,18,19). The maximum absolute atomic E-state index is 5.75. The second kappa shape index (κ2) is 5.38. The normalized spacial score (nSPS) is 10.7. The lowest BCUT2D eigenvalue weighted by atomic mass is 10.1. The summed E-state index contributed by atoms with van der Waals surface area (Å²) in [7, 11) is 0. The highest BCUT2D eigenvalue weighted by molar-refractivity contribution is 6.28. The molecular formula is C14H13ClN4O. The smallest absolute Gasteiger partial charge is 0.193 e. The molecule has 0 spiro atoms. The molecule has 0 radical (unpaired) electrons. The Balaban J connectivity index is 1.83. The zero-order valence-electron chi connectivity index (χ0n) is 10.9. The summed E-state index contributed by atoms with van der Waals surface area (Å²) in [6.45, 7) is 2.42. The highest BCUT2D eigenvalue weighted by Crippen LogP contribution is 2.25. The van der Waals surface area contributed by atoms with Crippen LogP contribution in [0.5, 0.6) is 0 Å². The summed E-state index contributed by atoms with van der Waals surface area (Å²) < 4.78 is 5.32. The highest BCUT2D eigenvalue weighted by atomic mass is 35.5. The van der Waals surface area contributed by atoms with Gasteiger partial charge in [-0.3, -0.25) is 5.10 Å². The molecule has 0 unspecified atom stereocenters. The number of rotatable bonds is 4. The topological polar surface area (TPSA) is 66.7 Å². The first-order valence-corrected chi connectivity index (χ1v) is 6.56. The summed E-state index contributed by atoms with van der Waals surface area (Å²) in [5.41, 5.74) is 1.88. The van der Waals surface area contributed by atoms with Crippen molar-refractivity contribution in [1.82, 2.24) is 15.2 Å². The molecular weight excluding hydrogens is 276 g/mol. The summed E-state index contributed by atoms with van der Waals surface area (Å²) in [6.07, 6.45) is 0. The van der Waals surface area contributed by atoms with Gasteiger partial charge >= 0.3 is 0 Å². The van der Waals surface area contributed by atoms with Crippen LogP contribution in [0, 0.1) is 6.92 Å². The molecule has 0 bridgehead atoms. The number of nitrogens with zero attached hydrogens (tertiary/aromatic N) is 2. The van der Waals surface area contributed by atoms with Crippen LogP contribution in [-0.4, -0.2) is 15.2 Å². The van der Waals surface area contributed by atoms with Crippen LogP contribution in [0.4, 0.5) is 5.69 Å². The molecule has 0 saturated heterocycles. The summed E-state index contributed by atoms with van der Waals surface area (Å²) in [4.78, 5) is 4.35. The summed E-state index contributed by atoms with van der Waals surface area (Å²) in [5, 5.41) is 10.7. The molecule has 0 aliphatic carbocycles. The third-order valence-electron chi connectivity index (χ3n) is 2.85. The molecule has 102 valence electrons. The van der Waals surface area contributed by atoms with Crippen molar-refractivity contribution in [2.45, 2.75) is 13.5 Å². The van der Waals surface area contributed by atoms with E-state index in [1.54, 1.807) is 6.07 Å². The molecule has 0 fully saturated rings. The molecule has 1 aromatic carbocycles. The first kappa shape index (κ1) is 12.7. The van der Waals surface area contributed by atoms with Crippen molar-refractivity contribution >= 4 is 17.3 Å². The van der Waals surface area contributed by atoms with Crippen molar-refractivity contribution in [3.8, 4) is 11.4 Å². The minimum Gasteiger partial charge on any atom is -0.448 e. The number of aromatic amines is 1. The average Bonchev–Trinajstić information content (AvgIpc) is 3.06. The quantitative estimate of drug-likeness (QED) is 0.769. The van der Waals surface area contributed by atoms with Crippen LogP contribution < -0.4 is 5.32 Å². The van der Waals surface area contributed by atoms with Crippen LogP contribution in [0.25, 0.3) is 11.4 Å². The van der Waals surface area contributed by atoms with Gasteiger partial charge in [-0.2, -0.15) is 5.10 Å². The Morgan fingerprint density at radius 2 is 2.10 bits per heavy atom. The Kier molecular flexibility index (Phi) is 3.43. The second-order valence-electron chi connectivity index (χ2n) is 4.35. The van der Waals surface area contributed by atoms with E-state index in [0.717, 1.165) is 22.8 Å². The van der Waals surface area contributed by atoms with Gasteiger partial charge in [0.05, 0.1) is 6.54 Å². The number of hydrogen-bond acceptors (Lipinski definition) is 4. The van der Waals surface area contributed by atoms with Crippen LogP contribution >= 0.6 is 11.6 Å². The summed E-state index contributed by atoms with van der Waals surface area (Å²) in [6, 6.07) is 11.4. The van der Waals surface area contributed by atoms with Crippen LogP contribution in [0.1, 0.15) is 11.6 Å². The number of hydrogen-bond donors (Lipinski definition) is 2. The SMILES string of the molecule is Cc1nc(-c2ccccc2NCc2ccc(Cl)o2)n[nH]1. The number of aryl methyl sites for hydroxylation is 1. The van der Waals surface area contributed by atoms with E-state index in [1.807, 2.05) is 37.3 Å². The van der Waals surface area contributed by atoms with Gasteiger partial charge in [-0.1, -0.05) is 12.1 Å². The Hall–Kier alpha value is -2.27. The van der Waals surface area contributed by atoms with Gasteiger partial charge in [0, 0.05) is 11.3 Å². The molecule has 2 aromatic heterocycles. The lowest BCUT2D eigenvalue weighted by Gasteiger charge is -2.08. The molecule has 2 N–H and O–H groups in total. The number of H-pyrrole nitrogens is 1. The maximum atomic E-state index is 5.75. The van der Waals surface area contributed by atoms with Gasteiger partial charge < -0.3 is 9.73 Å². The summed E-state index contributed by atoms with van der Waals surface area (Å²) >= 11 is 5.75. The lowest BCUT2D eigenvalue weighted by molar-refractivity contribution is 0.520. The van der Waals surface area contributed by atoms with Crippen LogP contribution in [-0.2, 0) is 6.54 Å². The fraction of sp³-hybridized carbons (Fsp3) is 0.143. The third kappa shape index (κ3) is 2.67. The zero-order chi connectivity index (χ0) is 13.9. The van der Waals surface area contributed by atoms with Gasteiger partial charge in [-0.15, -0.1) is 0 Å². The molecule has 5 nitrogen and oxygen atoms in total. The fourth-order valence-electron chi connectivity index (χ4n) is 1.92. The minimum absolute atomic E-state index is 0.389. The van der Waals surface area contributed by atoms with Gasteiger partial charge in [0.25, 0.3) is 0 Å². The first-order chi connectivity index (χ1) is 9.72. The first-order valence-electron chi connectivity index (χ1n) is 6.19. The molecule has 3 aromatic rings. The van der Waals surface area contributed by atoms with Gasteiger partial charge in [0.1, 0.15) is 11.6 Å². The Morgan fingerprint density at radius 1 is 1.25 bits per heavy atom. The Labute approximate surface area is 121 Å². The van der Waals surface area contributed by atoms with Gasteiger partial charge in [-0.05, 0) is 42.8 Å². The van der Waals surface area contributed by atoms with E-state index < -0.39 is 0 Å². The van der Waals surface area contributed by atoms with Gasteiger partial charge in [0.2, 0.25) is 0 Å². The van der Waals surface area contributed by atoms with E-state index in [1.165, 1.54) is 0 Å². The Bertz CT molecular complexity index is 719. The van der Waals surface area contributed by atoms with E-state index in [2.05, 4.69) is 20.5 Å². The Morgan fingerprint density at radius 3 is 2.80 bits per heavy atom. The number of halogens is 1. The molecule has 0 aliphatic heterocycles. The van der Waals surface area contributed by atoms with Crippen LogP contribution in [0.2, 0.25) is 5.22 Å². The van der Waals surface area contributed by atoms with Crippen molar-refractivity contribution in [3.63, 3.8) is 0 Å². The number of benzene rings is 1. The van der Waals surface area contributed by atoms with Crippen LogP contribution in [0.3, 0.4) is 0 Å². The molecule has 0 saturated carbocycles. The van der Waals surface area contributed by atoms with Crippen molar-refractivity contribution in [2.75, 3.05) is 5.32 Å². The molecule has 3 rings (SSSR count). The van der Waals surface area contributed by atoms with Gasteiger partial charge in [0.15, 0.2) is 11.0 Å². The van der Waals surface area contributed by atoms with E-state index in [0.29, 0.717) is 17.6 Å². The van der Waals surface area contributed by atoms with Crippen LogP contribution in [0.15, 0.2) is 40.8 Å². The van der Waals surface area contributed by atoms with E-state index >= 15 is 0 Å². The van der Waals surface area contributed by atoms with E-state index in [-0.39, 0.29) is 0 Å². The monoisotopic (exact) mass is 288 g/mol. The maximum Gasteiger partial charge on any atom is 0.193 e. The van der Waals surface area contributed by atoms with Crippen molar-refractivity contribution in [1.29, 1.82) is 0 Å². The average molecular weight is 289 g/mol. The second-order valence-corrected chi connectivity index (χ2v) is 4.72. The molecule has 20 heavy (non-hydrogen) atoms.